The van der Waals surface area contributed by atoms with Crippen molar-refractivity contribution in [3.63, 3.8) is 0 Å². The molecule has 0 aromatic heterocycles. The molecule has 0 aliphatic heterocycles. The van der Waals surface area contributed by atoms with Gasteiger partial charge in [0.15, 0.2) is 0 Å². The molecule has 0 spiro atoms. The van der Waals surface area contributed by atoms with Crippen LogP contribution in [0.4, 0.5) is 0 Å². The highest BCUT2D eigenvalue weighted by Crippen LogP contribution is 2.27. The average molecular weight is 185 g/mol. The molecule has 1 aliphatic carbocycles. The summed E-state index contributed by atoms with van der Waals surface area (Å²) in [5, 5.41) is 12.7. The van der Waals surface area contributed by atoms with Crippen LogP contribution in [0.1, 0.15) is 39.5 Å². The number of hydrogen-bond acceptors (Lipinski definition) is 2. The summed E-state index contributed by atoms with van der Waals surface area (Å²) in [6.45, 7) is 5.74. The van der Waals surface area contributed by atoms with Gasteiger partial charge in [0, 0.05) is 6.04 Å². The molecule has 0 radical (unpaired) electrons. The summed E-state index contributed by atoms with van der Waals surface area (Å²) in [5.74, 6) is 1.40. The molecule has 2 N–H and O–H groups in total. The number of rotatable bonds is 5. The lowest BCUT2D eigenvalue weighted by Gasteiger charge is -2.23. The Labute approximate surface area is 81.7 Å². The lowest BCUT2D eigenvalue weighted by atomic mass is 9.98. The second kappa shape index (κ2) is 5.61. The van der Waals surface area contributed by atoms with Gasteiger partial charge in [0.2, 0.25) is 0 Å². The average Bonchev–Trinajstić information content (AvgIpc) is 2.58. The van der Waals surface area contributed by atoms with Gasteiger partial charge in [-0.2, -0.15) is 0 Å². The van der Waals surface area contributed by atoms with E-state index in [1.807, 2.05) is 0 Å². The summed E-state index contributed by atoms with van der Waals surface area (Å²) >= 11 is 0. The van der Waals surface area contributed by atoms with E-state index in [0.29, 0.717) is 18.6 Å². The first-order valence-electron chi connectivity index (χ1n) is 5.58. The third-order valence-electron chi connectivity index (χ3n) is 2.95. The molecule has 2 heteroatoms. The molecule has 0 heterocycles. The maximum atomic E-state index is 9.24. The molecule has 1 aliphatic rings. The van der Waals surface area contributed by atoms with Gasteiger partial charge in [0.1, 0.15) is 0 Å². The van der Waals surface area contributed by atoms with Gasteiger partial charge in [-0.3, -0.25) is 0 Å². The van der Waals surface area contributed by atoms with Crippen molar-refractivity contribution >= 4 is 0 Å². The fourth-order valence-corrected chi connectivity index (χ4v) is 2.13. The van der Waals surface area contributed by atoms with E-state index in [2.05, 4.69) is 19.2 Å². The van der Waals surface area contributed by atoms with Crippen LogP contribution in [0.2, 0.25) is 0 Å². The minimum absolute atomic E-state index is 0.303. The number of aliphatic hydroxyl groups excluding tert-OH is 1. The van der Waals surface area contributed by atoms with Gasteiger partial charge in [-0.1, -0.05) is 26.7 Å². The molecule has 2 nitrogen and oxygen atoms in total. The van der Waals surface area contributed by atoms with E-state index in [1.54, 1.807) is 0 Å². The molecule has 1 rings (SSSR count). The smallest absolute Gasteiger partial charge is 0.0587 e. The van der Waals surface area contributed by atoms with Gasteiger partial charge in [-0.05, 0) is 31.2 Å². The fourth-order valence-electron chi connectivity index (χ4n) is 2.13. The van der Waals surface area contributed by atoms with Crippen LogP contribution in [-0.4, -0.2) is 24.3 Å². The van der Waals surface area contributed by atoms with Crippen molar-refractivity contribution in [2.75, 3.05) is 13.2 Å². The van der Waals surface area contributed by atoms with Crippen molar-refractivity contribution in [1.29, 1.82) is 0 Å². The molecular weight excluding hydrogens is 162 g/mol. The van der Waals surface area contributed by atoms with E-state index >= 15 is 0 Å². The van der Waals surface area contributed by atoms with E-state index in [0.717, 1.165) is 12.5 Å². The van der Waals surface area contributed by atoms with Crippen molar-refractivity contribution in [3.05, 3.63) is 0 Å². The van der Waals surface area contributed by atoms with E-state index in [-0.39, 0.29) is 0 Å². The van der Waals surface area contributed by atoms with Gasteiger partial charge in [0.25, 0.3) is 0 Å². The quantitative estimate of drug-likeness (QED) is 0.684. The largest absolute Gasteiger partial charge is 0.395 e. The summed E-state index contributed by atoms with van der Waals surface area (Å²) in [6.07, 6.45) is 5.31. The van der Waals surface area contributed by atoms with E-state index < -0.39 is 0 Å². The van der Waals surface area contributed by atoms with Crippen LogP contribution in [0.5, 0.6) is 0 Å². The highest BCUT2D eigenvalue weighted by molar-refractivity contribution is 4.80. The molecule has 0 saturated heterocycles. The summed E-state index contributed by atoms with van der Waals surface area (Å²) < 4.78 is 0. The SMILES string of the molecule is CC(C)CNC(CO)C1CCCC1. The monoisotopic (exact) mass is 185 g/mol. The lowest BCUT2D eigenvalue weighted by molar-refractivity contribution is 0.196. The van der Waals surface area contributed by atoms with Crippen LogP contribution in [-0.2, 0) is 0 Å². The Morgan fingerprint density at radius 1 is 1.31 bits per heavy atom. The minimum atomic E-state index is 0.303. The van der Waals surface area contributed by atoms with Gasteiger partial charge in [-0.15, -0.1) is 0 Å². The number of aliphatic hydroxyl groups is 1. The Bertz CT molecular complexity index is 130. The standard InChI is InChI=1S/C11H23NO/c1-9(2)7-12-11(8-13)10-5-3-4-6-10/h9-13H,3-8H2,1-2H3. The maximum Gasteiger partial charge on any atom is 0.0587 e. The van der Waals surface area contributed by atoms with Crippen LogP contribution >= 0.6 is 0 Å². The Morgan fingerprint density at radius 3 is 2.38 bits per heavy atom. The third-order valence-corrected chi connectivity index (χ3v) is 2.95. The van der Waals surface area contributed by atoms with Crippen LogP contribution < -0.4 is 5.32 Å². The zero-order chi connectivity index (χ0) is 9.68. The molecule has 13 heavy (non-hydrogen) atoms. The first-order chi connectivity index (χ1) is 6.24. The molecule has 0 aromatic carbocycles. The molecule has 1 atom stereocenters. The lowest BCUT2D eigenvalue weighted by Crippen LogP contribution is -2.40. The van der Waals surface area contributed by atoms with Crippen molar-refractivity contribution in [2.45, 2.75) is 45.6 Å². The number of nitrogens with one attached hydrogen (secondary N) is 1. The first kappa shape index (κ1) is 11.0. The summed E-state index contributed by atoms with van der Waals surface area (Å²) in [5.41, 5.74) is 0. The Balaban J connectivity index is 2.24. The fraction of sp³-hybridized carbons (Fsp3) is 1.00. The van der Waals surface area contributed by atoms with Crippen LogP contribution in [0.25, 0.3) is 0 Å². The zero-order valence-corrected chi connectivity index (χ0v) is 8.92. The van der Waals surface area contributed by atoms with Gasteiger partial charge >= 0.3 is 0 Å². The molecule has 78 valence electrons. The van der Waals surface area contributed by atoms with Gasteiger partial charge in [-0.25, -0.2) is 0 Å². The molecule has 0 amide bonds. The summed E-state index contributed by atoms with van der Waals surface area (Å²) in [4.78, 5) is 0. The van der Waals surface area contributed by atoms with Crippen LogP contribution in [0, 0.1) is 11.8 Å². The molecule has 0 aromatic rings. The maximum absolute atomic E-state index is 9.24. The minimum Gasteiger partial charge on any atom is -0.395 e. The van der Waals surface area contributed by atoms with Gasteiger partial charge in [0.05, 0.1) is 6.61 Å². The topological polar surface area (TPSA) is 32.3 Å². The van der Waals surface area contributed by atoms with Crippen molar-refractivity contribution < 1.29 is 5.11 Å². The molecular formula is C11H23NO. The van der Waals surface area contributed by atoms with E-state index in [9.17, 15) is 5.11 Å². The molecule has 1 fully saturated rings. The van der Waals surface area contributed by atoms with Crippen molar-refractivity contribution in [1.82, 2.24) is 5.32 Å². The second-order valence-electron chi connectivity index (χ2n) is 4.64. The number of hydrogen-bond donors (Lipinski definition) is 2. The molecule has 0 bridgehead atoms. The van der Waals surface area contributed by atoms with Crippen molar-refractivity contribution in [3.8, 4) is 0 Å². The zero-order valence-electron chi connectivity index (χ0n) is 8.92. The van der Waals surface area contributed by atoms with Crippen molar-refractivity contribution in [2.24, 2.45) is 11.8 Å². The van der Waals surface area contributed by atoms with Crippen LogP contribution in [0.3, 0.4) is 0 Å². The normalized spacial score (nSPS) is 21.2. The second-order valence-corrected chi connectivity index (χ2v) is 4.64. The highest BCUT2D eigenvalue weighted by Gasteiger charge is 2.23. The van der Waals surface area contributed by atoms with E-state index in [4.69, 9.17) is 0 Å². The van der Waals surface area contributed by atoms with E-state index in [1.165, 1.54) is 25.7 Å². The Hall–Kier alpha value is -0.0800. The summed E-state index contributed by atoms with van der Waals surface area (Å²) in [6, 6.07) is 0.352. The molecule has 1 unspecified atom stereocenters. The third kappa shape index (κ3) is 3.65. The van der Waals surface area contributed by atoms with Gasteiger partial charge < -0.3 is 10.4 Å². The Kier molecular flexibility index (Phi) is 4.74. The Morgan fingerprint density at radius 2 is 1.92 bits per heavy atom. The molecule has 1 saturated carbocycles. The predicted molar refractivity (Wildman–Crippen MR) is 55.7 cm³/mol. The van der Waals surface area contributed by atoms with Crippen LogP contribution in [0.15, 0.2) is 0 Å². The first-order valence-corrected chi connectivity index (χ1v) is 5.58. The highest BCUT2D eigenvalue weighted by atomic mass is 16.3. The summed E-state index contributed by atoms with van der Waals surface area (Å²) in [7, 11) is 0. The predicted octanol–water partition coefficient (Wildman–Crippen LogP) is 1.78.